The van der Waals surface area contributed by atoms with Crippen LogP contribution in [0.3, 0.4) is 0 Å². The SMILES string of the molecule is O=C(COc1ccc(S(=O)(=O)C(F)(F)C(F)(F)C(F)(F)F)cc1[N+](=O)[O-])OCC(F)(F)C(F)F. The zero-order chi connectivity index (χ0) is 26.9. The minimum Gasteiger partial charge on any atom is -0.475 e. The van der Waals surface area contributed by atoms with Gasteiger partial charge in [-0.1, -0.05) is 0 Å². The maximum atomic E-state index is 13.7. The van der Waals surface area contributed by atoms with Gasteiger partial charge >= 0.3 is 41.4 Å². The molecule has 1 rings (SSSR count). The van der Waals surface area contributed by atoms with E-state index in [0.29, 0.717) is 0 Å². The molecule has 0 unspecified atom stereocenters. The number of benzene rings is 1. The lowest BCUT2D eigenvalue weighted by Gasteiger charge is -2.27. The molecule has 0 spiro atoms. The number of sulfone groups is 1. The van der Waals surface area contributed by atoms with Crippen molar-refractivity contribution >= 4 is 21.5 Å². The maximum absolute atomic E-state index is 13.7. The van der Waals surface area contributed by atoms with Crippen molar-refractivity contribution in [1.82, 2.24) is 0 Å². The van der Waals surface area contributed by atoms with Gasteiger partial charge in [0.1, 0.15) is 0 Å². The van der Waals surface area contributed by atoms with Gasteiger partial charge < -0.3 is 9.47 Å². The highest BCUT2D eigenvalue weighted by molar-refractivity contribution is 7.92. The minimum atomic E-state index is -7.12. The van der Waals surface area contributed by atoms with Crippen LogP contribution in [-0.4, -0.2) is 62.2 Å². The van der Waals surface area contributed by atoms with Crippen LogP contribution >= 0.6 is 0 Å². The predicted octanol–water partition coefficient (Wildman–Crippen LogP) is 3.98. The normalized spacial score (nSPS) is 13.6. The molecular weight excluding hydrogens is 535 g/mol. The van der Waals surface area contributed by atoms with Crippen LogP contribution in [-0.2, 0) is 19.4 Å². The van der Waals surface area contributed by atoms with Gasteiger partial charge in [-0.2, -0.15) is 39.5 Å². The molecule has 0 saturated carbocycles. The molecule has 0 fully saturated rings. The number of halogens is 11. The molecule has 0 aliphatic heterocycles. The van der Waals surface area contributed by atoms with E-state index in [-0.39, 0.29) is 12.1 Å². The number of rotatable bonds is 10. The van der Waals surface area contributed by atoms with Crippen molar-refractivity contribution in [2.45, 2.75) is 34.6 Å². The third-order valence-electron chi connectivity index (χ3n) is 3.59. The van der Waals surface area contributed by atoms with E-state index in [0.717, 1.165) is 0 Å². The van der Waals surface area contributed by atoms with Crippen LogP contribution in [0.5, 0.6) is 5.75 Å². The van der Waals surface area contributed by atoms with E-state index in [2.05, 4.69) is 9.47 Å². The maximum Gasteiger partial charge on any atom is 0.461 e. The van der Waals surface area contributed by atoms with Gasteiger partial charge in [0.05, 0.1) is 9.82 Å². The average molecular weight is 543 g/mol. The molecule has 194 valence electrons. The zero-order valence-corrected chi connectivity index (χ0v) is 16.4. The van der Waals surface area contributed by atoms with Crippen LogP contribution in [0.4, 0.5) is 54.0 Å². The van der Waals surface area contributed by atoms with E-state index in [9.17, 15) is 71.6 Å². The molecule has 0 bridgehead atoms. The molecule has 0 radical (unpaired) electrons. The van der Waals surface area contributed by atoms with Gasteiger partial charge in [0.2, 0.25) is 0 Å². The fourth-order valence-electron chi connectivity index (χ4n) is 1.83. The van der Waals surface area contributed by atoms with Crippen molar-refractivity contribution in [3.63, 3.8) is 0 Å². The first-order valence-electron chi connectivity index (χ1n) is 7.89. The number of carbonyl (C=O) groups is 1. The lowest BCUT2D eigenvalue weighted by Crippen LogP contribution is -2.55. The summed E-state index contributed by atoms with van der Waals surface area (Å²) >= 11 is 0. The second-order valence-electron chi connectivity index (χ2n) is 5.99. The zero-order valence-electron chi connectivity index (χ0n) is 15.6. The van der Waals surface area contributed by atoms with Crippen molar-refractivity contribution in [2.24, 2.45) is 0 Å². The number of hydrogen-bond donors (Lipinski definition) is 0. The Morgan fingerprint density at radius 2 is 1.56 bits per heavy atom. The van der Waals surface area contributed by atoms with Gasteiger partial charge in [0, 0.05) is 6.07 Å². The number of alkyl halides is 11. The molecule has 0 amide bonds. The Labute approximate surface area is 180 Å². The van der Waals surface area contributed by atoms with E-state index in [4.69, 9.17) is 0 Å². The molecule has 0 aliphatic carbocycles. The molecule has 0 aliphatic rings. The standard InChI is InChI=1S/C14H8F11NO7S/c15-10(16)11(17,18)5-33-9(27)4-32-8-2-1-6(3-7(8)26(28)29)34(30,31)14(24,25)12(19,20)13(21,22)23/h1-3,10H,4-5H2. The topological polar surface area (TPSA) is 113 Å². The molecule has 0 saturated heterocycles. The predicted molar refractivity (Wildman–Crippen MR) is 83.6 cm³/mol. The highest BCUT2D eigenvalue weighted by Crippen LogP contribution is 2.51. The minimum absolute atomic E-state index is 0.0911. The first-order chi connectivity index (χ1) is 15.1. The Bertz CT molecular complexity index is 1040. The van der Waals surface area contributed by atoms with E-state index in [1.807, 2.05) is 0 Å². The summed E-state index contributed by atoms with van der Waals surface area (Å²) in [6.45, 7) is -3.66. The Kier molecular flexibility index (Phi) is 8.02. The van der Waals surface area contributed by atoms with Gasteiger partial charge in [-0.25, -0.2) is 22.0 Å². The van der Waals surface area contributed by atoms with Crippen molar-refractivity contribution in [3.8, 4) is 5.75 Å². The van der Waals surface area contributed by atoms with Crippen LogP contribution < -0.4 is 4.74 Å². The molecule has 8 nitrogen and oxygen atoms in total. The van der Waals surface area contributed by atoms with E-state index in [1.165, 1.54) is 0 Å². The number of carbonyl (C=O) groups excluding carboxylic acids is 1. The van der Waals surface area contributed by atoms with Crippen LogP contribution in [0, 0.1) is 10.1 Å². The first kappa shape index (κ1) is 29.1. The summed E-state index contributed by atoms with van der Waals surface area (Å²) < 4.78 is 171. The van der Waals surface area contributed by atoms with E-state index < -0.39 is 86.0 Å². The fraction of sp³-hybridized carbons (Fsp3) is 0.500. The number of nitrogens with zero attached hydrogens (tertiary/aromatic N) is 1. The van der Waals surface area contributed by atoms with E-state index in [1.54, 1.807) is 0 Å². The van der Waals surface area contributed by atoms with Gasteiger partial charge in [-0.3, -0.25) is 10.1 Å². The number of ether oxygens (including phenoxy) is 2. The number of hydrogen-bond acceptors (Lipinski definition) is 7. The number of esters is 1. The first-order valence-corrected chi connectivity index (χ1v) is 9.37. The molecule has 0 N–H and O–H groups in total. The van der Waals surface area contributed by atoms with Crippen LogP contribution in [0.25, 0.3) is 0 Å². The monoisotopic (exact) mass is 543 g/mol. The van der Waals surface area contributed by atoms with Crippen LogP contribution in [0.15, 0.2) is 23.1 Å². The summed E-state index contributed by atoms with van der Waals surface area (Å²) in [6, 6.07) is -0.427. The summed E-state index contributed by atoms with van der Waals surface area (Å²) in [5, 5.41) is 4.17. The molecular formula is C14H8F11NO7S. The summed E-state index contributed by atoms with van der Waals surface area (Å²) in [5.41, 5.74) is -1.65. The summed E-state index contributed by atoms with van der Waals surface area (Å²) in [6.07, 6.45) is -11.3. The summed E-state index contributed by atoms with van der Waals surface area (Å²) in [4.78, 5) is 18.6. The van der Waals surface area contributed by atoms with Crippen molar-refractivity contribution < 1.29 is 75.9 Å². The average Bonchev–Trinajstić information content (AvgIpc) is 2.69. The van der Waals surface area contributed by atoms with Crippen molar-refractivity contribution in [2.75, 3.05) is 13.2 Å². The molecule has 0 atom stereocenters. The summed E-state index contributed by atoms with van der Waals surface area (Å²) in [5.74, 6) is -14.9. The Hall–Kier alpha value is -2.93. The smallest absolute Gasteiger partial charge is 0.461 e. The highest BCUT2D eigenvalue weighted by Gasteiger charge is 2.78. The Balaban J connectivity index is 3.22. The molecule has 34 heavy (non-hydrogen) atoms. The van der Waals surface area contributed by atoms with Crippen LogP contribution in [0.1, 0.15) is 0 Å². The quantitative estimate of drug-likeness (QED) is 0.190. The Morgan fingerprint density at radius 1 is 1.03 bits per heavy atom. The lowest BCUT2D eigenvalue weighted by molar-refractivity contribution is -0.386. The number of nitro benzene ring substituents is 1. The lowest BCUT2D eigenvalue weighted by atomic mass is 10.3. The molecule has 0 heterocycles. The van der Waals surface area contributed by atoms with Crippen LogP contribution in [0.2, 0.25) is 0 Å². The third kappa shape index (κ3) is 5.58. The molecule has 1 aromatic carbocycles. The third-order valence-corrected chi connectivity index (χ3v) is 5.39. The van der Waals surface area contributed by atoms with Crippen molar-refractivity contribution in [3.05, 3.63) is 28.3 Å². The van der Waals surface area contributed by atoms with Crippen molar-refractivity contribution in [1.29, 1.82) is 0 Å². The summed E-state index contributed by atoms with van der Waals surface area (Å²) in [7, 11) is -6.93. The Morgan fingerprint density at radius 3 is 2.00 bits per heavy atom. The molecule has 0 aromatic heterocycles. The van der Waals surface area contributed by atoms with Gasteiger partial charge in [-0.05, 0) is 12.1 Å². The fourth-order valence-corrected chi connectivity index (χ4v) is 3.09. The number of nitro groups is 1. The van der Waals surface area contributed by atoms with Gasteiger partial charge in [0.25, 0.3) is 9.84 Å². The largest absolute Gasteiger partial charge is 0.475 e. The second kappa shape index (κ2) is 9.37. The molecule has 1 aromatic rings. The highest BCUT2D eigenvalue weighted by atomic mass is 32.2. The van der Waals surface area contributed by atoms with E-state index >= 15 is 0 Å². The van der Waals surface area contributed by atoms with Gasteiger partial charge in [0.15, 0.2) is 19.0 Å². The van der Waals surface area contributed by atoms with Gasteiger partial charge in [-0.15, -0.1) is 0 Å². The molecule has 20 heteroatoms. The second-order valence-corrected chi connectivity index (χ2v) is 7.98.